The van der Waals surface area contributed by atoms with E-state index in [1.54, 1.807) is 41.3 Å². The van der Waals surface area contributed by atoms with E-state index in [9.17, 15) is 14.7 Å². The highest BCUT2D eigenvalue weighted by Gasteiger charge is 2.16. The second kappa shape index (κ2) is 8.99. The fourth-order valence-electron chi connectivity index (χ4n) is 2.53. The van der Waals surface area contributed by atoms with Crippen molar-refractivity contribution in [3.05, 3.63) is 71.3 Å². The number of aliphatic hydroxyl groups excluding tert-OH is 1. The molecule has 0 bridgehead atoms. The first-order valence-electron chi connectivity index (χ1n) is 8.45. The lowest BCUT2D eigenvalue weighted by Gasteiger charge is -2.18. The Bertz CT molecular complexity index is 695. The number of benzene rings is 2. The van der Waals surface area contributed by atoms with E-state index in [1.807, 2.05) is 32.0 Å². The highest BCUT2D eigenvalue weighted by molar-refractivity contribution is 5.94. The Labute approximate surface area is 148 Å². The van der Waals surface area contributed by atoms with Gasteiger partial charge < -0.3 is 15.3 Å². The van der Waals surface area contributed by atoms with E-state index in [4.69, 9.17) is 0 Å². The molecule has 0 aliphatic rings. The molecule has 2 N–H and O–H groups in total. The fourth-order valence-corrected chi connectivity index (χ4v) is 2.53. The number of nitrogens with one attached hydrogen (secondary N) is 1. The second-order valence-corrected chi connectivity index (χ2v) is 5.71. The number of hydrogen-bond acceptors (Lipinski definition) is 3. The number of aliphatic hydroxyl groups is 1. The average molecular weight is 340 g/mol. The van der Waals surface area contributed by atoms with E-state index in [2.05, 4.69) is 5.32 Å². The summed E-state index contributed by atoms with van der Waals surface area (Å²) in [6, 6.07) is 15.9. The summed E-state index contributed by atoms with van der Waals surface area (Å²) in [7, 11) is 0. The van der Waals surface area contributed by atoms with Crippen molar-refractivity contribution in [2.75, 3.05) is 13.1 Å². The lowest BCUT2D eigenvalue weighted by Crippen LogP contribution is -2.30. The van der Waals surface area contributed by atoms with Crippen LogP contribution in [0.3, 0.4) is 0 Å². The highest BCUT2D eigenvalue weighted by Crippen LogP contribution is 2.13. The van der Waals surface area contributed by atoms with Gasteiger partial charge in [-0.25, -0.2) is 0 Å². The molecule has 0 saturated carbocycles. The molecule has 1 atom stereocenters. The number of nitrogens with zero attached hydrogens (tertiary/aromatic N) is 1. The van der Waals surface area contributed by atoms with Gasteiger partial charge in [0.2, 0.25) is 0 Å². The molecule has 2 aromatic rings. The first-order valence-corrected chi connectivity index (χ1v) is 8.45. The Morgan fingerprint density at radius 3 is 2.16 bits per heavy atom. The summed E-state index contributed by atoms with van der Waals surface area (Å²) in [6.07, 6.45) is -1.19. The SMILES string of the molecule is CCN(CC)C(=O)c1ccc(CNC(=O)C(O)c2ccccc2)cc1. The standard InChI is InChI=1S/C20H24N2O3/c1-3-22(4-2)20(25)17-12-10-15(11-13-17)14-21-19(24)18(23)16-8-6-5-7-9-16/h5-13,18,23H,3-4,14H2,1-2H3,(H,21,24). The third-order valence-electron chi connectivity index (χ3n) is 4.08. The minimum Gasteiger partial charge on any atom is -0.378 e. The lowest BCUT2D eigenvalue weighted by molar-refractivity contribution is -0.129. The molecule has 0 aliphatic carbocycles. The maximum absolute atomic E-state index is 12.3. The van der Waals surface area contributed by atoms with Gasteiger partial charge in [0, 0.05) is 25.2 Å². The van der Waals surface area contributed by atoms with Crippen molar-refractivity contribution in [1.29, 1.82) is 0 Å². The van der Waals surface area contributed by atoms with Gasteiger partial charge in [0.1, 0.15) is 0 Å². The molecule has 0 radical (unpaired) electrons. The second-order valence-electron chi connectivity index (χ2n) is 5.71. The van der Waals surface area contributed by atoms with Crippen molar-refractivity contribution in [3.63, 3.8) is 0 Å². The highest BCUT2D eigenvalue weighted by atomic mass is 16.3. The minimum absolute atomic E-state index is 0.0000791. The molecular weight excluding hydrogens is 316 g/mol. The van der Waals surface area contributed by atoms with Gasteiger partial charge in [0.15, 0.2) is 6.10 Å². The van der Waals surface area contributed by atoms with Crippen LogP contribution in [-0.2, 0) is 11.3 Å². The zero-order chi connectivity index (χ0) is 18.2. The summed E-state index contributed by atoms with van der Waals surface area (Å²) in [5.41, 5.74) is 2.05. The van der Waals surface area contributed by atoms with E-state index in [0.29, 0.717) is 30.8 Å². The number of rotatable bonds is 7. The van der Waals surface area contributed by atoms with Crippen LogP contribution in [0.1, 0.15) is 41.4 Å². The van der Waals surface area contributed by atoms with Gasteiger partial charge in [-0.3, -0.25) is 9.59 Å². The van der Waals surface area contributed by atoms with Crippen molar-refractivity contribution in [1.82, 2.24) is 10.2 Å². The first-order chi connectivity index (χ1) is 12.1. The summed E-state index contributed by atoms with van der Waals surface area (Å²) < 4.78 is 0. The zero-order valence-corrected chi connectivity index (χ0v) is 14.6. The molecule has 132 valence electrons. The maximum atomic E-state index is 12.3. The molecule has 2 amide bonds. The normalized spacial score (nSPS) is 11.6. The van der Waals surface area contributed by atoms with Crippen molar-refractivity contribution < 1.29 is 14.7 Å². The summed E-state index contributed by atoms with van der Waals surface area (Å²) in [5, 5.41) is 12.7. The Morgan fingerprint density at radius 2 is 1.60 bits per heavy atom. The van der Waals surface area contributed by atoms with Crippen molar-refractivity contribution >= 4 is 11.8 Å². The van der Waals surface area contributed by atoms with Gasteiger partial charge in [-0.1, -0.05) is 42.5 Å². The zero-order valence-electron chi connectivity index (χ0n) is 14.6. The van der Waals surface area contributed by atoms with Gasteiger partial charge in [-0.2, -0.15) is 0 Å². The van der Waals surface area contributed by atoms with Crippen LogP contribution in [0, 0.1) is 0 Å². The summed E-state index contributed by atoms with van der Waals surface area (Å²) in [6.45, 7) is 5.53. The quantitative estimate of drug-likeness (QED) is 0.814. The third kappa shape index (κ3) is 4.90. The first kappa shape index (κ1) is 18.7. The van der Waals surface area contributed by atoms with E-state index in [0.717, 1.165) is 5.56 Å². The van der Waals surface area contributed by atoms with Crippen molar-refractivity contribution in [2.45, 2.75) is 26.5 Å². The number of carbonyl (C=O) groups is 2. The Kier molecular flexibility index (Phi) is 6.71. The van der Waals surface area contributed by atoms with Crippen molar-refractivity contribution in [3.8, 4) is 0 Å². The Hall–Kier alpha value is -2.66. The summed E-state index contributed by atoms with van der Waals surface area (Å²) in [4.78, 5) is 26.0. The minimum atomic E-state index is -1.19. The molecule has 5 nitrogen and oxygen atoms in total. The van der Waals surface area contributed by atoms with E-state index in [-0.39, 0.29) is 5.91 Å². The molecule has 0 spiro atoms. The molecule has 0 aliphatic heterocycles. The molecule has 2 rings (SSSR count). The topological polar surface area (TPSA) is 69.6 Å². The van der Waals surface area contributed by atoms with E-state index < -0.39 is 12.0 Å². The molecule has 0 aromatic heterocycles. The third-order valence-corrected chi connectivity index (χ3v) is 4.08. The van der Waals surface area contributed by atoms with Crippen LogP contribution in [-0.4, -0.2) is 34.9 Å². The predicted octanol–water partition coefficient (Wildman–Crippen LogP) is 2.52. The summed E-state index contributed by atoms with van der Waals surface area (Å²) >= 11 is 0. The maximum Gasteiger partial charge on any atom is 0.253 e. The molecular formula is C20H24N2O3. The summed E-state index contributed by atoms with van der Waals surface area (Å²) in [5.74, 6) is -0.449. The van der Waals surface area contributed by atoms with Crippen LogP contribution in [0.2, 0.25) is 0 Å². The van der Waals surface area contributed by atoms with Crippen LogP contribution in [0.15, 0.2) is 54.6 Å². The van der Waals surface area contributed by atoms with Crippen LogP contribution < -0.4 is 5.32 Å². The van der Waals surface area contributed by atoms with E-state index >= 15 is 0 Å². The molecule has 0 heterocycles. The van der Waals surface area contributed by atoms with Gasteiger partial charge >= 0.3 is 0 Å². The smallest absolute Gasteiger partial charge is 0.253 e. The number of hydrogen-bond donors (Lipinski definition) is 2. The van der Waals surface area contributed by atoms with Crippen LogP contribution >= 0.6 is 0 Å². The molecule has 0 fully saturated rings. The fraction of sp³-hybridized carbons (Fsp3) is 0.300. The molecule has 25 heavy (non-hydrogen) atoms. The molecule has 0 saturated heterocycles. The number of carbonyl (C=O) groups excluding carboxylic acids is 2. The largest absolute Gasteiger partial charge is 0.378 e. The Balaban J connectivity index is 1.93. The molecule has 5 heteroatoms. The molecule has 2 aromatic carbocycles. The molecule has 1 unspecified atom stereocenters. The van der Waals surface area contributed by atoms with Crippen LogP contribution in [0.4, 0.5) is 0 Å². The van der Waals surface area contributed by atoms with Gasteiger partial charge in [-0.15, -0.1) is 0 Å². The lowest BCUT2D eigenvalue weighted by atomic mass is 10.1. The average Bonchev–Trinajstić information content (AvgIpc) is 2.67. The van der Waals surface area contributed by atoms with Gasteiger partial charge in [0.25, 0.3) is 11.8 Å². The number of amides is 2. The Morgan fingerprint density at radius 1 is 1.00 bits per heavy atom. The van der Waals surface area contributed by atoms with E-state index in [1.165, 1.54) is 0 Å². The monoisotopic (exact) mass is 340 g/mol. The van der Waals surface area contributed by atoms with Crippen LogP contribution in [0.5, 0.6) is 0 Å². The van der Waals surface area contributed by atoms with Gasteiger partial charge in [-0.05, 0) is 37.1 Å². The van der Waals surface area contributed by atoms with Gasteiger partial charge in [0.05, 0.1) is 0 Å². The van der Waals surface area contributed by atoms with Crippen molar-refractivity contribution in [2.24, 2.45) is 0 Å². The van der Waals surface area contributed by atoms with Crippen LogP contribution in [0.25, 0.3) is 0 Å². The predicted molar refractivity (Wildman–Crippen MR) is 96.9 cm³/mol.